The van der Waals surface area contributed by atoms with E-state index in [1.54, 1.807) is 13.2 Å². The van der Waals surface area contributed by atoms with Gasteiger partial charge in [0.05, 0.1) is 13.7 Å². The number of carbonyl (C=O) groups is 1. The van der Waals surface area contributed by atoms with Crippen molar-refractivity contribution in [3.63, 3.8) is 0 Å². The highest BCUT2D eigenvalue weighted by Crippen LogP contribution is 2.30. The normalized spacial score (nSPS) is 9.76. The van der Waals surface area contributed by atoms with Crippen LogP contribution in [0.4, 0.5) is 0 Å². The van der Waals surface area contributed by atoms with Crippen molar-refractivity contribution >= 4 is 5.91 Å². The van der Waals surface area contributed by atoms with Crippen LogP contribution in [-0.4, -0.2) is 32.7 Å². The van der Waals surface area contributed by atoms with E-state index < -0.39 is 0 Å². The van der Waals surface area contributed by atoms with Crippen LogP contribution in [0.5, 0.6) is 11.5 Å². The Balaban J connectivity index is 2.72. The fourth-order valence-corrected chi connectivity index (χ4v) is 1.76. The predicted molar refractivity (Wildman–Crippen MR) is 82.3 cm³/mol. The molecule has 0 bridgehead atoms. The molecule has 0 unspecified atom stereocenters. The van der Waals surface area contributed by atoms with Crippen LogP contribution in [0.25, 0.3) is 0 Å². The van der Waals surface area contributed by atoms with Gasteiger partial charge in [0.15, 0.2) is 18.1 Å². The van der Waals surface area contributed by atoms with E-state index in [-0.39, 0.29) is 19.1 Å². The maximum Gasteiger partial charge on any atom is 0.258 e. The summed E-state index contributed by atoms with van der Waals surface area (Å²) in [6, 6.07) is 5.64. The summed E-state index contributed by atoms with van der Waals surface area (Å²) >= 11 is 0. The number of hydrogen-bond donors (Lipinski definition) is 2. The average Bonchev–Trinajstić information content (AvgIpc) is 2.51. The van der Waals surface area contributed by atoms with Gasteiger partial charge in [0.25, 0.3) is 5.91 Å². The van der Waals surface area contributed by atoms with Crippen LogP contribution in [0.3, 0.4) is 0 Å². The molecule has 1 aromatic carbocycles. The zero-order valence-electron chi connectivity index (χ0n) is 12.6. The van der Waals surface area contributed by atoms with Crippen LogP contribution in [0.1, 0.15) is 18.9 Å². The Morgan fingerprint density at radius 2 is 2.24 bits per heavy atom. The first-order chi connectivity index (χ1) is 10.2. The van der Waals surface area contributed by atoms with E-state index in [1.165, 1.54) is 0 Å². The van der Waals surface area contributed by atoms with Crippen LogP contribution in [0.2, 0.25) is 0 Å². The molecule has 0 saturated heterocycles. The van der Waals surface area contributed by atoms with Crippen molar-refractivity contribution in [3.05, 3.63) is 23.8 Å². The van der Waals surface area contributed by atoms with Gasteiger partial charge in [-0.2, -0.15) is 0 Å². The first-order valence-corrected chi connectivity index (χ1v) is 6.92. The summed E-state index contributed by atoms with van der Waals surface area (Å²) in [7, 11) is 1.57. The van der Waals surface area contributed by atoms with Gasteiger partial charge in [0.2, 0.25) is 0 Å². The van der Waals surface area contributed by atoms with Gasteiger partial charge in [-0.15, -0.1) is 6.42 Å². The standard InChI is InChI=1S/C16H22N2O3/c1-4-9-17-11-13-7-6-8-14(20-3)16(13)21-12-15(19)18-10-5-2/h2,6-8,17H,4,9-12H2,1,3H3,(H,18,19). The molecule has 0 fully saturated rings. The topological polar surface area (TPSA) is 59.6 Å². The van der Waals surface area contributed by atoms with Gasteiger partial charge in [0, 0.05) is 12.1 Å². The van der Waals surface area contributed by atoms with E-state index in [0.717, 1.165) is 18.5 Å². The smallest absolute Gasteiger partial charge is 0.258 e. The van der Waals surface area contributed by atoms with Crippen LogP contribution >= 0.6 is 0 Å². The number of hydrogen-bond acceptors (Lipinski definition) is 4. The highest BCUT2D eigenvalue weighted by atomic mass is 16.5. The lowest BCUT2D eigenvalue weighted by atomic mass is 10.2. The number of rotatable bonds is 9. The summed E-state index contributed by atoms with van der Waals surface area (Å²) in [6.07, 6.45) is 6.14. The van der Waals surface area contributed by atoms with Gasteiger partial charge >= 0.3 is 0 Å². The predicted octanol–water partition coefficient (Wildman–Crippen LogP) is 1.32. The molecule has 0 radical (unpaired) electrons. The number of para-hydroxylation sites is 1. The lowest BCUT2D eigenvalue weighted by Crippen LogP contribution is -2.29. The Hall–Kier alpha value is -2.19. The van der Waals surface area contributed by atoms with Crippen molar-refractivity contribution in [2.45, 2.75) is 19.9 Å². The van der Waals surface area contributed by atoms with Gasteiger partial charge in [-0.05, 0) is 19.0 Å². The van der Waals surface area contributed by atoms with E-state index in [9.17, 15) is 4.79 Å². The minimum absolute atomic E-state index is 0.0944. The summed E-state index contributed by atoms with van der Waals surface area (Å²) in [4.78, 5) is 11.6. The van der Waals surface area contributed by atoms with Crippen molar-refractivity contribution in [3.8, 4) is 23.8 Å². The molecule has 114 valence electrons. The Morgan fingerprint density at radius 1 is 1.43 bits per heavy atom. The number of amides is 1. The highest BCUT2D eigenvalue weighted by molar-refractivity contribution is 5.77. The molecular formula is C16H22N2O3. The minimum atomic E-state index is -0.258. The quantitative estimate of drug-likeness (QED) is 0.532. The number of benzene rings is 1. The summed E-state index contributed by atoms with van der Waals surface area (Å²) < 4.78 is 10.9. The van der Waals surface area contributed by atoms with Crippen LogP contribution < -0.4 is 20.1 Å². The molecule has 1 aromatic rings. The molecule has 1 rings (SSSR count). The Labute approximate surface area is 126 Å². The molecule has 0 saturated carbocycles. The first kappa shape index (κ1) is 16.9. The van der Waals surface area contributed by atoms with Crippen molar-refractivity contribution in [2.24, 2.45) is 0 Å². The number of methoxy groups -OCH3 is 1. The fraction of sp³-hybridized carbons (Fsp3) is 0.438. The van der Waals surface area contributed by atoms with Gasteiger partial charge in [0.1, 0.15) is 0 Å². The second-order valence-corrected chi connectivity index (χ2v) is 4.39. The highest BCUT2D eigenvalue weighted by Gasteiger charge is 2.12. The van der Waals surface area contributed by atoms with Gasteiger partial charge < -0.3 is 20.1 Å². The largest absolute Gasteiger partial charge is 0.493 e. The molecule has 5 heteroatoms. The molecule has 2 N–H and O–H groups in total. The summed E-state index contributed by atoms with van der Waals surface area (Å²) in [5.74, 6) is 3.27. The SMILES string of the molecule is C#CCNC(=O)COc1c(CNCCC)cccc1OC. The molecule has 1 amide bonds. The number of nitrogens with one attached hydrogen (secondary N) is 2. The minimum Gasteiger partial charge on any atom is -0.493 e. The summed E-state index contributed by atoms with van der Waals surface area (Å²) in [6.45, 7) is 3.78. The van der Waals surface area contributed by atoms with E-state index >= 15 is 0 Å². The second kappa shape index (κ2) is 9.67. The van der Waals surface area contributed by atoms with Gasteiger partial charge in [-0.1, -0.05) is 25.0 Å². The molecule has 0 heterocycles. The first-order valence-electron chi connectivity index (χ1n) is 6.92. The molecule has 21 heavy (non-hydrogen) atoms. The third kappa shape index (κ3) is 5.76. The van der Waals surface area contributed by atoms with Crippen molar-refractivity contribution < 1.29 is 14.3 Å². The van der Waals surface area contributed by atoms with Gasteiger partial charge in [-0.3, -0.25) is 4.79 Å². The lowest BCUT2D eigenvalue weighted by molar-refractivity contribution is -0.122. The molecule has 0 spiro atoms. The number of carbonyl (C=O) groups excluding carboxylic acids is 1. The average molecular weight is 290 g/mol. The van der Waals surface area contributed by atoms with E-state index in [4.69, 9.17) is 15.9 Å². The molecule has 0 aliphatic carbocycles. The molecule has 5 nitrogen and oxygen atoms in total. The third-order valence-electron chi connectivity index (χ3n) is 2.76. The molecular weight excluding hydrogens is 268 g/mol. The monoisotopic (exact) mass is 290 g/mol. The maximum atomic E-state index is 11.6. The Morgan fingerprint density at radius 3 is 2.90 bits per heavy atom. The molecule has 0 atom stereocenters. The summed E-state index contributed by atoms with van der Waals surface area (Å²) in [5.41, 5.74) is 0.951. The second-order valence-electron chi connectivity index (χ2n) is 4.39. The number of terminal acetylenes is 1. The molecule has 0 aliphatic heterocycles. The summed E-state index contributed by atoms with van der Waals surface area (Å²) in [5, 5.41) is 5.86. The molecule has 0 aliphatic rings. The van der Waals surface area contributed by atoms with E-state index in [1.807, 2.05) is 12.1 Å². The molecule has 0 aromatic heterocycles. The van der Waals surface area contributed by atoms with Crippen LogP contribution in [0, 0.1) is 12.3 Å². The third-order valence-corrected chi connectivity index (χ3v) is 2.76. The van der Waals surface area contributed by atoms with Gasteiger partial charge in [-0.25, -0.2) is 0 Å². The van der Waals surface area contributed by atoms with Crippen molar-refractivity contribution in [1.29, 1.82) is 0 Å². The van der Waals surface area contributed by atoms with Crippen LogP contribution in [0.15, 0.2) is 18.2 Å². The Kier molecular flexibility index (Phi) is 7.77. The zero-order chi connectivity index (χ0) is 15.5. The van der Waals surface area contributed by atoms with Crippen molar-refractivity contribution in [1.82, 2.24) is 10.6 Å². The van der Waals surface area contributed by atoms with E-state index in [2.05, 4.69) is 23.5 Å². The zero-order valence-corrected chi connectivity index (χ0v) is 12.6. The fourth-order valence-electron chi connectivity index (χ4n) is 1.76. The van der Waals surface area contributed by atoms with E-state index in [0.29, 0.717) is 18.0 Å². The maximum absolute atomic E-state index is 11.6. The Bertz CT molecular complexity index is 495. The lowest BCUT2D eigenvalue weighted by Gasteiger charge is -2.15. The van der Waals surface area contributed by atoms with Crippen molar-refractivity contribution in [2.75, 3.05) is 26.8 Å². The van der Waals surface area contributed by atoms with Crippen LogP contribution in [-0.2, 0) is 11.3 Å². The number of ether oxygens (including phenoxy) is 2.